The summed E-state index contributed by atoms with van der Waals surface area (Å²) in [7, 11) is 0. The Morgan fingerprint density at radius 1 is 1.15 bits per heavy atom. The lowest BCUT2D eigenvalue weighted by Gasteiger charge is -2.29. The number of carbonyl (C=O) groups is 5. The first kappa shape index (κ1) is 25.2. The van der Waals surface area contributed by atoms with E-state index in [9.17, 15) is 24.0 Å². The maximum absolute atomic E-state index is 13.2. The molecule has 0 radical (unpaired) electrons. The minimum Gasteiger partial charge on any atom is -0.444 e. The summed E-state index contributed by atoms with van der Waals surface area (Å²) in [4.78, 5) is 65.3. The molecule has 3 N–H and O–H groups in total. The molecule has 2 aliphatic heterocycles. The van der Waals surface area contributed by atoms with Gasteiger partial charge in [0.2, 0.25) is 23.6 Å². The lowest BCUT2D eigenvalue weighted by molar-refractivity contribution is -0.141. The average Bonchev–Trinajstić information content (AvgIpc) is 3.47. The van der Waals surface area contributed by atoms with Crippen LogP contribution in [0.25, 0.3) is 0 Å². The van der Waals surface area contributed by atoms with E-state index >= 15 is 0 Å². The number of ether oxygens (including phenoxy) is 1. The van der Waals surface area contributed by atoms with Gasteiger partial charge in [-0.25, -0.2) is 9.69 Å². The second kappa shape index (κ2) is 11.6. The Morgan fingerprint density at radius 2 is 1.88 bits per heavy atom. The second-order valence-corrected chi connectivity index (χ2v) is 8.65. The van der Waals surface area contributed by atoms with Gasteiger partial charge in [0, 0.05) is 13.0 Å². The van der Waals surface area contributed by atoms with Crippen molar-refractivity contribution in [1.82, 2.24) is 15.1 Å². The predicted octanol–water partition coefficient (Wildman–Crippen LogP) is 1.47. The van der Waals surface area contributed by atoms with Gasteiger partial charge in [-0.2, -0.15) is 0 Å². The van der Waals surface area contributed by atoms with E-state index in [1.165, 1.54) is 4.90 Å². The van der Waals surface area contributed by atoms with Gasteiger partial charge < -0.3 is 20.7 Å². The quantitative estimate of drug-likeness (QED) is 0.558. The van der Waals surface area contributed by atoms with E-state index in [1.807, 2.05) is 13.0 Å². The van der Waals surface area contributed by atoms with E-state index in [-0.39, 0.29) is 25.4 Å². The molecular formula is C24H32N4O6. The molecule has 1 aromatic carbocycles. The third-order valence-electron chi connectivity index (χ3n) is 6.24. The van der Waals surface area contributed by atoms with Crippen LogP contribution in [-0.4, -0.2) is 64.2 Å². The Labute approximate surface area is 198 Å². The fourth-order valence-corrected chi connectivity index (χ4v) is 4.41. The summed E-state index contributed by atoms with van der Waals surface area (Å²) < 4.78 is 5.26. The van der Waals surface area contributed by atoms with E-state index < -0.39 is 41.9 Å². The number of imide groups is 1. The number of unbranched alkanes of at least 4 members (excludes halogenated alkanes) is 1. The fraction of sp³-hybridized carbons (Fsp3) is 0.542. The lowest BCUT2D eigenvalue weighted by Crippen LogP contribution is -2.56. The van der Waals surface area contributed by atoms with Gasteiger partial charge in [0.05, 0.1) is 0 Å². The minimum atomic E-state index is -1.06. The molecule has 34 heavy (non-hydrogen) atoms. The molecule has 0 bridgehead atoms. The SMILES string of the molecule is CCCC[C@H](NC(=O)[C@@H]1CCC(=O)N1C(=O)OCc1ccccc1)C(=O)N1CCC[C@H]1C(N)=O. The zero-order valence-corrected chi connectivity index (χ0v) is 19.4. The number of nitrogens with zero attached hydrogens (tertiary/aromatic N) is 2. The summed E-state index contributed by atoms with van der Waals surface area (Å²) in [5, 5.41) is 2.73. The molecule has 0 spiro atoms. The Bertz CT molecular complexity index is 921. The van der Waals surface area contributed by atoms with Gasteiger partial charge in [0.15, 0.2) is 0 Å². The highest BCUT2D eigenvalue weighted by atomic mass is 16.6. The Balaban J connectivity index is 1.68. The molecule has 0 saturated carbocycles. The molecule has 2 aliphatic rings. The van der Waals surface area contributed by atoms with Crippen LogP contribution in [0, 0.1) is 0 Å². The molecule has 2 heterocycles. The van der Waals surface area contributed by atoms with E-state index in [0.29, 0.717) is 32.2 Å². The number of benzene rings is 1. The number of primary amides is 1. The monoisotopic (exact) mass is 472 g/mol. The molecule has 2 saturated heterocycles. The van der Waals surface area contributed by atoms with Crippen LogP contribution in [0.15, 0.2) is 30.3 Å². The first-order chi connectivity index (χ1) is 16.3. The number of nitrogens with one attached hydrogen (secondary N) is 1. The molecule has 3 rings (SSSR count). The van der Waals surface area contributed by atoms with Gasteiger partial charge >= 0.3 is 6.09 Å². The number of likely N-dealkylation sites (tertiary alicyclic amines) is 2. The molecule has 0 unspecified atom stereocenters. The van der Waals surface area contributed by atoms with E-state index in [2.05, 4.69) is 5.32 Å². The molecule has 10 heteroatoms. The maximum Gasteiger partial charge on any atom is 0.417 e. The van der Waals surface area contributed by atoms with Crippen LogP contribution in [0.5, 0.6) is 0 Å². The molecule has 0 aliphatic carbocycles. The molecule has 2 fully saturated rings. The predicted molar refractivity (Wildman–Crippen MR) is 122 cm³/mol. The van der Waals surface area contributed by atoms with Crippen molar-refractivity contribution in [3.05, 3.63) is 35.9 Å². The molecular weight excluding hydrogens is 440 g/mol. The van der Waals surface area contributed by atoms with Gasteiger partial charge in [0.25, 0.3) is 0 Å². The van der Waals surface area contributed by atoms with E-state index in [0.717, 1.165) is 16.9 Å². The number of nitrogens with two attached hydrogens (primary N) is 1. The highest BCUT2D eigenvalue weighted by Gasteiger charge is 2.43. The van der Waals surface area contributed by atoms with Crippen LogP contribution >= 0.6 is 0 Å². The highest BCUT2D eigenvalue weighted by Crippen LogP contribution is 2.23. The molecule has 5 amide bonds. The molecule has 3 atom stereocenters. The normalized spacial score (nSPS) is 20.8. The molecule has 0 aromatic heterocycles. The Hall–Kier alpha value is -3.43. The maximum atomic E-state index is 13.2. The number of rotatable bonds is 9. The zero-order chi connectivity index (χ0) is 24.7. The van der Waals surface area contributed by atoms with Crippen molar-refractivity contribution < 1.29 is 28.7 Å². The van der Waals surface area contributed by atoms with Crippen molar-refractivity contribution in [2.75, 3.05) is 6.54 Å². The van der Waals surface area contributed by atoms with Crippen LogP contribution in [0.2, 0.25) is 0 Å². The zero-order valence-electron chi connectivity index (χ0n) is 19.4. The Kier molecular flexibility index (Phi) is 8.61. The van der Waals surface area contributed by atoms with Gasteiger partial charge in [-0.1, -0.05) is 50.1 Å². The molecule has 184 valence electrons. The van der Waals surface area contributed by atoms with Crippen LogP contribution in [0.3, 0.4) is 0 Å². The Morgan fingerprint density at radius 3 is 2.56 bits per heavy atom. The van der Waals surface area contributed by atoms with Crippen molar-refractivity contribution in [2.24, 2.45) is 5.73 Å². The van der Waals surface area contributed by atoms with Gasteiger partial charge in [-0.05, 0) is 31.2 Å². The van der Waals surface area contributed by atoms with Crippen LogP contribution in [0.4, 0.5) is 4.79 Å². The smallest absolute Gasteiger partial charge is 0.417 e. The average molecular weight is 473 g/mol. The standard InChI is InChI=1S/C24H32N4O6/c1-2-3-10-17(23(32)27-14-7-11-18(27)21(25)30)26-22(31)19-12-13-20(29)28(19)24(33)34-15-16-8-5-4-6-9-16/h4-6,8-9,17-19H,2-3,7,10-15H2,1H3,(H2,25,30)(H,26,31)/t17-,18-,19-/m0/s1. The van der Waals surface area contributed by atoms with E-state index in [1.54, 1.807) is 24.3 Å². The summed E-state index contributed by atoms with van der Waals surface area (Å²) in [5.74, 6) is -2.03. The fourth-order valence-electron chi connectivity index (χ4n) is 4.41. The first-order valence-corrected chi connectivity index (χ1v) is 11.8. The van der Waals surface area contributed by atoms with Crippen molar-refractivity contribution >= 4 is 29.7 Å². The van der Waals surface area contributed by atoms with Crippen molar-refractivity contribution in [3.8, 4) is 0 Å². The van der Waals surface area contributed by atoms with Gasteiger partial charge in [0.1, 0.15) is 24.7 Å². The summed E-state index contributed by atoms with van der Waals surface area (Å²) in [6.45, 7) is 2.33. The second-order valence-electron chi connectivity index (χ2n) is 8.65. The number of carbonyl (C=O) groups excluding carboxylic acids is 5. The summed E-state index contributed by atoms with van der Waals surface area (Å²) >= 11 is 0. The van der Waals surface area contributed by atoms with Gasteiger partial charge in [-0.3, -0.25) is 19.2 Å². The molecule has 10 nitrogen and oxygen atoms in total. The summed E-state index contributed by atoms with van der Waals surface area (Å²) in [5.41, 5.74) is 6.20. The van der Waals surface area contributed by atoms with Crippen molar-refractivity contribution in [3.63, 3.8) is 0 Å². The lowest BCUT2D eigenvalue weighted by atomic mass is 10.1. The first-order valence-electron chi connectivity index (χ1n) is 11.8. The summed E-state index contributed by atoms with van der Waals surface area (Å²) in [6, 6.07) is 6.39. The topological polar surface area (TPSA) is 139 Å². The van der Waals surface area contributed by atoms with Crippen LogP contribution < -0.4 is 11.1 Å². The van der Waals surface area contributed by atoms with Gasteiger partial charge in [-0.15, -0.1) is 0 Å². The van der Waals surface area contributed by atoms with Crippen molar-refractivity contribution in [1.29, 1.82) is 0 Å². The van der Waals surface area contributed by atoms with Crippen LogP contribution in [0.1, 0.15) is 57.4 Å². The van der Waals surface area contributed by atoms with E-state index in [4.69, 9.17) is 10.5 Å². The molecule has 1 aromatic rings. The third-order valence-corrected chi connectivity index (χ3v) is 6.24. The third kappa shape index (κ3) is 5.92. The largest absolute Gasteiger partial charge is 0.444 e. The van der Waals surface area contributed by atoms with Crippen molar-refractivity contribution in [2.45, 2.75) is 76.6 Å². The minimum absolute atomic E-state index is 0.0289. The summed E-state index contributed by atoms with van der Waals surface area (Å²) in [6.07, 6.45) is 2.30. The van der Waals surface area contributed by atoms with Crippen LogP contribution in [-0.2, 0) is 30.5 Å². The highest BCUT2D eigenvalue weighted by molar-refractivity contribution is 6.01. The number of amides is 5. The number of hydrogen-bond acceptors (Lipinski definition) is 6. The number of hydrogen-bond donors (Lipinski definition) is 2.